The van der Waals surface area contributed by atoms with Gasteiger partial charge in [0.1, 0.15) is 0 Å². The minimum atomic E-state index is -0.600. The highest BCUT2D eigenvalue weighted by atomic mass is 16.5. The van der Waals surface area contributed by atoms with Crippen molar-refractivity contribution in [3.63, 3.8) is 0 Å². The predicted octanol–water partition coefficient (Wildman–Crippen LogP) is 2.64. The SMILES string of the molecule is CC(=O)NCCCCCC(=O)OCC(=O)Nc1cccc2c1C(=O)c1ccccc1C2=O. The van der Waals surface area contributed by atoms with E-state index in [4.69, 9.17) is 4.74 Å². The summed E-state index contributed by atoms with van der Waals surface area (Å²) in [6.07, 6.45) is 2.25. The second-order valence-electron chi connectivity index (χ2n) is 7.43. The molecule has 0 radical (unpaired) electrons. The monoisotopic (exact) mass is 436 g/mol. The van der Waals surface area contributed by atoms with Crippen LogP contribution in [0.15, 0.2) is 42.5 Å². The van der Waals surface area contributed by atoms with Gasteiger partial charge in [0.25, 0.3) is 5.91 Å². The summed E-state index contributed by atoms with van der Waals surface area (Å²) in [5.41, 5.74) is 1.18. The first-order chi connectivity index (χ1) is 15.4. The van der Waals surface area contributed by atoms with Gasteiger partial charge in [0.15, 0.2) is 18.2 Å². The van der Waals surface area contributed by atoms with E-state index in [-0.39, 0.29) is 46.3 Å². The summed E-state index contributed by atoms with van der Waals surface area (Å²) in [4.78, 5) is 60.6. The molecule has 166 valence electrons. The van der Waals surface area contributed by atoms with Gasteiger partial charge >= 0.3 is 5.97 Å². The number of fused-ring (bicyclic) bond motifs is 2. The van der Waals surface area contributed by atoms with Gasteiger partial charge in [-0.2, -0.15) is 0 Å². The van der Waals surface area contributed by atoms with Crippen molar-refractivity contribution in [1.29, 1.82) is 0 Å². The van der Waals surface area contributed by atoms with Crippen LogP contribution in [-0.2, 0) is 19.1 Å². The molecule has 0 bridgehead atoms. The molecule has 3 rings (SSSR count). The van der Waals surface area contributed by atoms with Gasteiger partial charge in [-0.1, -0.05) is 42.8 Å². The van der Waals surface area contributed by atoms with Gasteiger partial charge in [-0.05, 0) is 18.9 Å². The van der Waals surface area contributed by atoms with Crippen molar-refractivity contribution in [2.75, 3.05) is 18.5 Å². The van der Waals surface area contributed by atoms with Gasteiger partial charge < -0.3 is 15.4 Å². The maximum absolute atomic E-state index is 12.9. The van der Waals surface area contributed by atoms with Gasteiger partial charge in [-0.25, -0.2) is 0 Å². The number of hydrogen-bond acceptors (Lipinski definition) is 6. The molecule has 2 aromatic rings. The largest absolute Gasteiger partial charge is 0.456 e. The molecule has 0 spiro atoms. The van der Waals surface area contributed by atoms with Crippen molar-refractivity contribution in [3.8, 4) is 0 Å². The summed E-state index contributed by atoms with van der Waals surface area (Å²) >= 11 is 0. The zero-order valence-electron chi connectivity index (χ0n) is 17.7. The number of unbranched alkanes of at least 4 members (excludes halogenated alkanes) is 2. The van der Waals surface area contributed by atoms with E-state index >= 15 is 0 Å². The van der Waals surface area contributed by atoms with E-state index in [2.05, 4.69) is 10.6 Å². The number of amides is 2. The Morgan fingerprint density at radius 1 is 0.844 bits per heavy atom. The van der Waals surface area contributed by atoms with E-state index in [0.29, 0.717) is 18.5 Å². The predicted molar refractivity (Wildman–Crippen MR) is 116 cm³/mol. The Morgan fingerprint density at radius 2 is 1.53 bits per heavy atom. The van der Waals surface area contributed by atoms with Gasteiger partial charge in [0, 0.05) is 36.6 Å². The molecular formula is C24H24N2O6. The van der Waals surface area contributed by atoms with Crippen LogP contribution in [0.25, 0.3) is 0 Å². The molecule has 1 aliphatic carbocycles. The first-order valence-electron chi connectivity index (χ1n) is 10.4. The second-order valence-corrected chi connectivity index (χ2v) is 7.43. The van der Waals surface area contributed by atoms with Crippen LogP contribution in [-0.4, -0.2) is 42.5 Å². The Balaban J connectivity index is 1.53. The molecule has 0 saturated carbocycles. The number of hydrogen-bond donors (Lipinski definition) is 2. The average molecular weight is 436 g/mol. The quantitative estimate of drug-likeness (QED) is 0.393. The lowest BCUT2D eigenvalue weighted by Crippen LogP contribution is -2.26. The topological polar surface area (TPSA) is 119 Å². The molecule has 2 aromatic carbocycles. The summed E-state index contributed by atoms with van der Waals surface area (Å²) in [5.74, 6) is -1.82. The molecule has 2 N–H and O–H groups in total. The first-order valence-corrected chi connectivity index (χ1v) is 10.4. The lowest BCUT2D eigenvalue weighted by molar-refractivity contribution is -0.147. The van der Waals surface area contributed by atoms with Crippen molar-refractivity contribution in [1.82, 2.24) is 5.32 Å². The van der Waals surface area contributed by atoms with Crippen LogP contribution in [0.2, 0.25) is 0 Å². The fraction of sp³-hybridized carbons (Fsp3) is 0.292. The van der Waals surface area contributed by atoms with Crippen LogP contribution in [0.4, 0.5) is 5.69 Å². The zero-order chi connectivity index (χ0) is 23.1. The number of rotatable bonds is 9. The molecule has 0 atom stereocenters. The van der Waals surface area contributed by atoms with Crippen LogP contribution >= 0.6 is 0 Å². The van der Waals surface area contributed by atoms with Crippen molar-refractivity contribution in [2.45, 2.75) is 32.6 Å². The fourth-order valence-corrected chi connectivity index (χ4v) is 3.49. The molecule has 0 heterocycles. The van der Waals surface area contributed by atoms with Gasteiger partial charge in [0.05, 0.1) is 11.3 Å². The number of esters is 1. The minimum Gasteiger partial charge on any atom is -0.456 e. The maximum atomic E-state index is 12.9. The van der Waals surface area contributed by atoms with Crippen LogP contribution in [0, 0.1) is 0 Å². The molecule has 2 amide bonds. The van der Waals surface area contributed by atoms with E-state index in [1.165, 1.54) is 13.0 Å². The van der Waals surface area contributed by atoms with Gasteiger partial charge in [-0.15, -0.1) is 0 Å². The van der Waals surface area contributed by atoms with Crippen LogP contribution < -0.4 is 10.6 Å². The number of benzene rings is 2. The number of ether oxygens (including phenoxy) is 1. The number of carbonyl (C=O) groups is 5. The van der Waals surface area contributed by atoms with E-state index in [9.17, 15) is 24.0 Å². The number of anilines is 1. The smallest absolute Gasteiger partial charge is 0.306 e. The standard InChI is InChI=1S/C24H24N2O6/c1-15(27)25-13-6-2-3-12-21(29)32-14-20(28)26-19-11-7-10-18-22(19)24(31)17-9-5-4-8-16(17)23(18)30/h4-5,7-11H,2-3,6,12-14H2,1H3,(H,25,27)(H,26,28). The fourth-order valence-electron chi connectivity index (χ4n) is 3.49. The van der Waals surface area contributed by atoms with Crippen LogP contribution in [0.5, 0.6) is 0 Å². The van der Waals surface area contributed by atoms with E-state index < -0.39 is 18.5 Å². The maximum Gasteiger partial charge on any atom is 0.306 e. The molecule has 0 aliphatic heterocycles. The summed E-state index contributed by atoms with van der Waals surface area (Å²) < 4.78 is 5.00. The normalized spacial score (nSPS) is 11.9. The van der Waals surface area contributed by atoms with E-state index in [1.807, 2.05) is 0 Å². The lowest BCUT2D eigenvalue weighted by atomic mass is 9.83. The highest BCUT2D eigenvalue weighted by molar-refractivity contribution is 6.30. The zero-order valence-corrected chi connectivity index (χ0v) is 17.7. The highest BCUT2D eigenvalue weighted by Gasteiger charge is 2.31. The molecule has 0 aromatic heterocycles. The minimum absolute atomic E-state index is 0.0922. The third kappa shape index (κ3) is 5.46. The second kappa shape index (κ2) is 10.5. The molecule has 0 fully saturated rings. The van der Waals surface area contributed by atoms with Crippen LogP contribution in [0.1, 0.15) is 64.4 Å². The van der Waals surface area contributed by atoms with Crippen molar-refractivity contribution in [2.24, 2.45) is 0 Å². The van der Waals surface area contributed by atoms with Crippen molar-refractivity contribution < 1.29 is 28.7 Å². The molecule has 32 heavy (non-hydrogen) atoms. The number of nitrogens with one attached hydrogen (secondary N) is 2. The van der Waals surface area contributed by atoms with Crippen molar-refractivity contribution >= 4 is 35.0 Å². The Kier molecular flexibility index (Phi) is 7.49. The Morgan fingerprint density at radius 3 is 2.25 bits per heavy atom. The summed E-state index contributed by atoms with van der Waals surface area (Å²) in [6, 6.07) is 11.2. The summed E-state index contributed by atoms with van der Waals surface area (Å²) in [6.45, 7) is 1.51. The third-order valence-electron chi connectivity index (χ3n) is 5.02. The van der Waals surface area contributed by atoms with Gasteiger partial charge in [-0.3, -0.25) is 24.0 Å². The first kappa shape index (κ1) is 22.9. The number of carbonyl (C=O) groups excluding carboxylic acids is 5. The third-order valence-corrected chi connectivity index (χ3v) is 5.02. The molecule has 0 unspecified atom stereocenters. The van der Waals surface area contributed by atoms with Crippen LogP contribution in [0.3, 0.4) is 0 Å². The van der Waals surface area contributed by atoms with Gasteiger partial charge in [0.2, 0.25) is 5.91 Å². The number of ketones is 2. The summed E-state index contributed by atoms with van der Waals surface area (Å²) in [5, 5.41) is 5.25. The Bertz CT molecular complexity index is 1080. The average Bonchev–Trinajstić information content (AvgIpc) is 2.78. The molecule has 0 saturated heterocycles. The molecule has 1 aliphatic rings. The van der Waals surface area contributed by atoms with E-state index in [0.717, 1.165) is 12.8 Å². The highest BCUT2D eigenvalue weighted by Crippen LogP contribution is 2.31. The molecule has 8 nitrogen and oxygen atoms in total. The summed E-state index contributed by atoms with van der Waals surface area (Å²) in [7, 11) is 0. The Hall–Kier alpha value is -3.81. The molecule has 8 heteroatoms. The lowest BCUT2D eigenvalue weighted by Gasteiger charge is -2.20. The Labute approximate surface area is 185 Å². The van der Waals surface area contributed by atoms with E-state index in [1.54, 1.807) is 36.4 Å². The van der Waals surface area contributed by atoms with Crippen molar-refractivity contribution in [3.05, 3.63) is 64.7 Å². The molecular weight excluding hydrogens is 412 g/mol.